The van der Waals surface area contributed by atoms with E-state index in [-0.39, 0.29) is 12.5 Å². The van der Waals surface area contributed by atoms with Crippen LogP contribution in [0.4, 0.5) is 0 Å². The third kappa shape index (κ3) is 2.61. The molecule has 1 heterocycles. The number of aromatic nitrogens is 3. The zero-order valence-electron chi connectivity index (χ0n) is 10.0. The van der Waals surface area contributed by atoms with Gasteiger partial charge in [0.25, 0.3) is 5.56 Å². The topological polar surface area (TPSA) is 94.2 Å². The lowest BCUT2D eigenvalue weighted by Crippen LogP contribution is -2.44. The molecule has 7 nitrogen and oxygen atoms in total. The Hall–Kier alpha value is -1.92. The molecule has 0 bridgehead atoms. The fourth-order valence-corrected chi connectivity index (χ4v) is 1.36. The molecule has 17 heavy (non-hydrogen) atoms. The monoisotopic (exact) mass is 241 g/mol. The zero-order valence-corrected chi connectivity index (χ0v) is 10.0. The lowest BCUT2D eigenvalue weighted by Gasteiger charge is -2.11. The quantitative estimate of drug-likeness (QED) is 0.780. The van der Waals surface area contributed by atoms with Crippen molar-refractivity contribution in [3.8, 4) is 0 Å². The predicted molar refractivity (Wildman–Crippen MR) is 60.2 cm³/mol. The minimum absolute atomic E-state index is 0.115. The van der Waals surface area contributed by atoms with E-state index in [0.29, 0.717) is 0 Å². The van der Waals surface area contributed by atoms with Crippen LogP contribution in [0.15, 0.2) is 9.59 Å². The summed E-state index contributed by atoms with van der Waals surface area (Å²) in [6, 6.07) is 0. The van der Waals surface area contributed by atoms with E-state index < -0.39 is 22.9 Å². The first-order valence-corrected chi connectivity index (χ1v) is 5.29. The van der Waals surface area contributed by atoms with Crippen LogP contribution in [0.3, 0.4) is 0 Å². The Balaban J connectivity index is 3.43. The molecule has 1 N–H and O–H groups in total. The van der Waals surface area contributed by atoms with Gasteiger partial charge in [0, 0.05) is 13.6 Å². The fourth-order valence-electron chi connectivity index (χ4n) is 1.36. The Morgan fingerprint density at radius 3 is 2.53 bits per heavy atom. The van der Waals surface area contributed by atoms with Crippen molar-refractivity contribution in [1.29, 1.82) is 0 Å². The summed E-state index contributed by atoms with van der Waals surface area (Å²) in [7, 11) is 1.32. The summed E-state index contributed by atoms with van der Waals surface area (Å²) in [5, 5.41) is 12.2. The van der Waals surface area contributed by atoms with Crippen LogP contribution >= 0.6 is 0 Å². The van der Waals surface area contributed by atoms with Crippen LogP contribution in [-0.2, 0) is 13.6 Å². The van der Waals surface area contributed by atoms with Gasteiger partial charge in [0.1, 0.15) is 0 Å². The van der Waals surface area contributed by atoms with Crippen LogP contribution in [0.2, 0.25) is 0 Å². The lowest BCUT2D eigenvalue weighted by atomic mass is 10.1. The van der Waals surface area contributed by atoms with E-state index in [1.807, 2.05) is 13.8 Å². The molecule has 0 aliphatic heterocycles. The van der Waals surface area contributed by atoms with Crippen molar-refractivity contribution in [2.24, 2.45) is 13.0 Å². The van der Waals surface area contributed by atoms with E-state index in [1.165, 1.54) is 7.05 Å². The molecule has 0 aliphatic carbocycles. The minimum Gasteiger partial charge on any atom is -0.476 e. The second-order valence-corrected chi connectivity index (χ2v) is 3.99. The predicted octanol–water partition coefficient (Wildman–Crippen LogP) is -0.314. The van der Waals surface area contributed by atoms with Gasteiger partial charge in [-0.1, -0.05) is 20.3 Å². The summed E-state index contributed by atoms with van der Waals surface area (Å²) in [6.45, 7) is 4.01. The van der Waals surface area contributed by atoms with Gasteiger partial charge in [-0.3, -0.25) is 9.36 Å². The minimum atomic E-state index is -1.43. The molecule has 0 spiro atoms. The van der Waals surface area contributed by atoms with Crippen molar-refractivity contribution in [2.45, 2.75) is 26.8 Å². The number of carbonyl (C=O) groups is 1. The number of hydrogen-bond acceptors (Lipinski definition) is 4. The van der Waals surface area contributed by atoms with Gasteiger partial charge in [-0.2, -0.15) is 5.10 Å². The highest BCUT2D eigenvalue weighted by molar-refractivity contribution is 5.84. The van der Waals surface area contributed by atoms with Gasteiger partial charge in [-0.05, 0) is 5.92 Å². The van der Waals surface area contributed by atoms with Gasteiger partial charge >= 0.3 is 11.7 Å². The molecule has 0 aliphatic rings. The number of carboxylic acid groups (broad SMARTS) is 1. The first-order valence-electron chi connectivity index (χ1n) is 5.29. The van der Waals surface area contributed by atoms with E-state index in [2.05, 4.69) is 5.10 Å². The zero-order chi connectivity index (χ0) is 13.2. The standard InChI is InChI=1S/C10H15N3O4/c1-4-6(2)5-13-8(14)7(9(15)16)11-12(3)10(13)17/h6H,4-5H2,1-3H3,(H,15,16). The van der Waals surface area contributed by atoms with Gasteiger partial charge in [0.05, 0.1) is 0 Å². The molecule has 7 heteroatoms. The molecule has 1 unspecified atom stereocenters. The summed E-state index contributed by atoms with van der Waals surface area (Å²) in [6.07, 6.45) is 0.792. The average molecular weight is 241 g/mol. The second-order valence-electron chi connectivity index (χ2n) is 3.99. The molecule has 0 saturated carbocycles. The molecular weight excluding hydrogens is 226 g/mol. The highest BCUT2D eigenvalue weighted by Gasteiger charge is 2.18. The average Bonchev–Trinajstić information content (AvgIpc) is 2.28. The first kappa shape index (κ1) is 13.1. The van der Waals surface area contributed by atoms with Crippen molar-refractivity contribution in [1.82, 2.24) is 14.3 Å². The van der Waals surface area contributed by atoms with E-state index in [4.69, 9.17) is 5.11 Å². The largest absolute Gasteiger partial charge is 0.476 e. The molecule has 1 aromatic rings. The molecule has 0 amide bonds. The van der Waals surface area contributed by atoms with Gasteiger partial charge < -0.3 is 5.11 Å². The molecular formula is C10H15N3O4. The van der Waals surface area contributed by atoms with Crippen molar-refractivity contribution in [3.05, 3.63) is 26.5 Å². The molecule has 0 radical (unpaired) electrons. The molecule has 0 fully saturated rings. The summed E-state index contributed by atoms with van der Waals surface area (Å²) in [5.74, 6) is -1.31. The Morgan fingerprint density at radius 2 is 2.06 bits per heavy atom. The van der Waals surface area contributed by atoms with Crippen LogP contribution in [-0.4, -0.2) is 25.4 Å². The number of hydrogen-bond donors (Lipinski definition) is 1. The molecule has 1 atom stereocenters. The van der Waals surface area contributed by atoms with Crippen LogP contribution in [0, 0.1) is 5.92 Å². The number of rotatable bonds is 4. The highest BCUT2D eigenvalue weighted by Crippen LogP contribution is 2.01. The van der Waals surface area contributed by atoms with Crippen LogP contribution in [0.25, 0.3) is 0 Å². The van der Waals surface area contributed by atoms with Crippen LogP contribution in [0.5, 0.6) is 0 Å². The van der Waals surface area contributed by atoms with Gasteiger partial charge in [-0.25, -0.2) is 14.3 Å². The summed E-state index contributed by atoms with van der Waals surface area (Å²) < 4.78 is 1.79. The van der Waals surface area contributed by atoms with Gasteiger partial charge in [0.2, 0.25) is 5.69 Å². The Morgan fingerprint density at radius 1 is 1.47 bits per heavy atom. The van der Waals surface area contributed by atoms with Crippen LogP contribution < -0.4 is 11.2 Å². The Bertz CT molecular complexity index is 543. The van der Waals surface area contributed by atoms with Gasteiger partial charge in [0.15, 0.2) is 0 Å². The first-order chi connectivity index (χ1) is 7.88. The van der Waals surface area contributed by atoms with E-state index in [9.17, 15) is 14.4 Å². The van der Waals surface area contributed by atoms with Crippen LogP contribution in [0.1, 0.15) is 30.8 Å². The molecule has 94 valence electrons. The summed E-state index contributed by atoms with van der Waals surface area (Å²) in [4.78, 5) is 34.2. The second kappa shape index (κ2) is 4.94. The number of nitrogens with zero attached hydrogens (tertiary/aromatic N) is 3. The van der Waals surface area contributed by atoms with E-state index in [0.717, 1.165) is 15.7 Å². The SMILES string of the molecule is CCC(C)Cn1c(=O)c(C(=O)O)nn(C)c1=O. The Labute approximate surface area is 97.3 Å². The summed E-state index contributed by atoms with van der Waals surface area (Å²) in [5.41, 5.74) is -2.07. The van der Waals surface area contributed by atoms with Crippen molar-refractivity contribution < 1.29 is 9.90 Å². The normalized spacial score (nSPS) is 12.4. The molecule has 1 rings (SSSR count). The molecule has 0 aromatic carbocycles. The molecule has 1 aromatic heterocycles. The maximum atomic E-state index is 11.7. The lowest BCUT2D eigenvalue weighted by molar-refractivity contribution is 0.0683. The third-order valence-corrected chi connectivity index (χ3v) is 2.60. The van der Waals surface area contributed by atoms with E-state index >= 15 is 0 Å². The van der Waals surface area contributed by atoms with Crippen molar-refractivity contribution in [2.75, 3.05) is 0 Å². The number of aromatic carboxylic acids is 1. The van der Waals surface area contributed by atoms with Crippen molar-refractivity contribution >= 4 is 5.97 Å². The van der Waals surface area contributed by atoms with Crippen molar-refractivity contribution in [3.63, 3.8) is 0 Å². The smallest absolute Gasteiger partial charge is 0.362 e. The van der Waals surface area contributed by atoms with Gasteiger partial charge in [-0.15, -0.1) is 0 Å². The maximum Gasteiger partial charge on any atom is 0.362 e. The summed E-state index contributed by atoms with van der Waals surface area (Å²) >= 11 is 0. The molecule has 0 saturated heterocycles. The number of carboxylic acids is 1. The third-order valence-electron chi connectivity index (χ3n) is 2.60. The van der Waals surface area contributed by atoms with E-state index in [1.54, 1.807) is 0 Å². The Kier molecular flexibility index (Phi) is 3.82. The fraction of sp³-hybridized carbons (Fsp3) is 0.600. The maximum absolute atomic E-state index is 11.7. The highest BCUT2D eigenvalue weighted by atomic mass is 16.4. The number of aryl methyl sites for hydroxylation is 1.